The standard InChI is InChI=1S/C18H12N2O5/c21-17(22)13-7-19-15-3-1-9(5-11(13)15)25-10-2-4-16-12(6-10)14(8-20-16)18(23)24/h1-8,19-20H,(H,21,22)(H,23,24). The van der Waals surface area contributed by atoms with Gasteiger partial charge in [-0.15, -0.1) is 0 Å². The zero-order valence-electron chi connectivity index (χ0n) is 12.7. The van der Waals surface area contributed by atoms with Crippen LogP contribution in [-0.2, 0) is 0 Å². The van der Waals surface area contributed by atoms with Crippen LogP contribution in [-0.4, -0.2) is 32.1 Å². The van der Waals surface area contributed by atoms with Crippen molar-refractivity contribution >= 4 is 33.7 Å². The molecule has 0 spiro atoms. The van der Waals surface area contributed by atoms with Gasteiger partial charge in [0.15, 0.2) is 0 Å². The van der Waals surface area contributed by atoms with Crippen molar-refractivity contribution in [1.29, 1.82) is 0 Å². The number of carbonyl (C=O) groups is 2. The van der Waals surface area contributed by atoms with E-state index < -0.39 is 11.9 Å². The van der Waals surface area contributed by atoms with Crippen molar-refractivity contribution in [2.75, 3.05) is 0 Å². The highest BCUT2D eigenvalue weighted by Crippen LogP contribution is 2.30. The van der Waals surface area contributed by atoms with Gasteiger partial charge in [-0.25, -0.2) is 9.59 Å². The summed E-state index contributed by atoms with van der Waals surface area (Å²) in [6.07, 6.45) is 2.86. The Kier molecular flexibility index (Phi) is 3.21. The summed E-state index contributed by atoms with van der Waals surface area (Å²) in [6, 6.07) is 10.2. The number of H-pyrrole nitrogens is 2. The van der Waals surface area contributed by atoms with Crippen molar-refractivity contribution in [1.82, 2.24) is 9.97 Å². The largest absolute Gasteiger partial charge is 0.478 e. The molecular formula is C18H12N2O5. The molecule has 0 aliphatic rings. The number of aromatic carboxylic acids is 2. The quantitative estimate of drug-likeness (QED) is 0.452. The van der Waals surface area contributed by atoms with E-state index in [-0.39, 0.29) is 11.1 Å². The molecule has 0 unspecified atom stereocenters. The van der Waals surface area contributed by atoms with Crippen LogP contribution in [0.4, 0.5) is 0 Å². The van der Waals surface area contributed by atoms with E-state index in [9.17, 15) is 19.8 Å². The minimum Gasteiger partial charge on any atom is -0.478 e. The van der Waals surface area contributed by atoms with E-state index in [0.717, 1.165) is 0 Å². The smallest absolute Gasteiger partial charge is 0.337 e. The number of hydrogen-bond acceptors (Lipinski definition) is 3. The lowest BCUT2D eigenvalue weighted by molar-refractivity contribution is 0.0688. The summed E-state index contributed by atoms with van der Waals surface area (Å²) in [7, 11) is 0. The third kappa shape index (κ3) is 2.47. The maximum absolute atomic E-state index is 11.2. The molecule has 0 amide bonds. The Morgan fingerprint density at radius 2 is 1.20 bits per heavy atom. The van der Waals surface area contributed by atoms with E-state index >= 15 is 0 Å². The fraction of sp³-hybridized carbons (Fsp3) is 0. The highest BCUT2D eigenvalue weighted by molar-refractivity contribution is 6.04. The lowest BCUT2D eigenvalue weighted by Crippen LogP contribution is -1.94. The van der Waals surface area contributed by atoms with Gasteiger partial charge in [0.05, 0.1) is 11.1 Å². The van der Waals surface area contributed by atoms with Gasteiger partial charge in [-0.1, -0.05) is 0 Å². The molecule has 2 aromatic heterocycles. The van der Waals surface area contributed by atoms with Crippen LogP contribution in [0.2, 0.25) is 0 Å². The number of rotatable bonds is 4. The van der Waals surface area contributed by atoms with Gasteiger partial charge in [0.1, 0.15) is 11.5 Å². The number of aromatic nitrogens is 2. The molecule has 0 aliphatic carbocycles. The number of hydrogen-bond donors (Lipinski definition) is 4. The molecule has 0 radical (unpaired) electrons. The third-order valence-corrected chi connectivity index (χ3v) is 4.00. The topological polar surface area (TPSA) is 115 Å². The summed E-state index contributed by atoms with van der Waals surface area (Å²) in [5.41, 5.74) is 1.71. The first-order chi connectivity index (χ1) is 12.0. The van der Waals surface area contributed by atoms with E-state index in [0.29, 0.717) is 33.3 Å². The van der Waals surface area contributed by atoms with Crippen LogP contribution in [0, 0.1) is 0 Å². The third-order valence-electron chi connectivity index (χ3n) is 4.00. The van der Waals surface area contributed by atoms with Gasteiger partial charge in [-0.05, 0) is 36.4 Å². The van der Waals surface area contributed by atoms with Crippen molar-refractivity contribution < 1.29 is 24.5 Å². The van der Waals surface area contributed by atoms with E-state index in [1.165, 1.54) is 12.4 Å². The lowest BCUT2D eigenvalue weighted by Gasteiger charge is -2.06. The fourth-order valence-electron chi connectivity index (χ4n) is 2.82. The minimum absolute atomic E-state index is 0.162. The normalized spacial score (nSPS) is 11.0. The Bertz CT molecular complexity index is 1050. The molecule has 2 heterocycles. The Morgan fingerprint density at radius 3 is 1.60 bits per heavy atom. The molecule has 25 heavy (non-hydrogen) atoms. The maximum atomic E-state index is 11.2. The Hall–Kier alpha value is -3.74. The average Bonchev–Trinajstić information content (AvgIpc) is 3.17. The number of carboxylic acid groups (broad SMARTS) is 2. The van der Waals surface area contributed by atoms with Crippen LogP contribution in [0.25, 0.3) is 21.8 Å². The first-order valence-electron chi connectivity index (χ1n) is 7.39. The predicted molar refractivity (Wildman–Crippen MR) is 90.6 cm³/mol. The van der Waals surface area contributed by atoms with Gasteiger partial charge in [0, 0.05) is 34.2 Å². The molecule has 0 saturated heterocycles. The molecule has 0 saturated carbocycles. The van der Waals surface area contributed by atoms with Crippen LogP contribution in [0.1, 0.15) is 20.7 Å². The monoisotopic (exact) mass is 336 g/mol. The number of ether oxygens (including phenoxy) is 1. The maximum Gasteiger partial charge on any atom is 0.337 e. The van der Waals surface area contributed by atoms with Crippen LogP contribution >= 0.6 is 0 Å². The second kappa shape index (κ2) is 5.41. The summed E-state index contributed by atoms with van der Waals surface area (Å²) in [5, 5.41) is 19.5. The molecule has 0 bridgehead atoms. The first-order valence-corrected chi connectivity index (χ1v) is 7.39. The Balaban J connectivity index is 1.74. The summed E-state index contributed by atoms with van der Waals surface area (Å²) in [5.74, 6) is -1.13. The number of benzene rings is 2. The molecule has 124 valence electrons. The van der Waals surface area contributed by atoms with Gasteiger partial charge >= 0.3 is 11.9 Å². The summed E-state index contributed by atoms with van der Waals surface area (Å²) < 4.78 is 5.79. The van der Waals surface area contributed by atoms with Gasteiger partial charge in [-0.2, -0.15) is 0 Å². The van der Waals surface area contributed by atoms with E-state index in [1.807, 2.05) is 0 Å². The Labute approximate surface area is 140 Å². The van der Waals surface area contributed by atoms with E-state index in [1.54, 1.807) is 36.4 Å². The lowest BCUT2D eigenvalue weighted by atomic mass is 10.1. The molecule has 2 aromatic carbocycles. The second-order valence-corrected chi connectivity index (χ2v) is 5.53. The predicted octanol–water partition coefficient (Wildman–Crippen LogP) is 3.84. The van der Waals surface area contributed by atoms with Gasteiger partial charge in [0.25, 0.3) is 0 Å². The van der Waals surface area contributed by atoms with Crippen LogP contribution in [0.3, 0.4) is 0 Å². The van der Waals surface area contributed by atoms with Crippen LogP contribution < -0.4 is 4.74 Å². The molecule has 0 fully saturated rings. The fourth-order valence-corrected chi connectivity index (χ4v) is 2.82. The van der Waals surface area contributed by atoms with Gasteiger partial charge in [0.2, 0.25) is 0 Å². The number of nitrogens with one attached hydrogen (secondary N) is 2. The average molecular weight is 336 g/mol. The number of fused-ring (bicyclic) bond motifs is 2. The summed E-state index contributed by atoms with van der Waals surface area (Å²) in [6.45, 7) is 0. The molecule has 4 rings (SSSR count). The summed E-state index contributed by atoms with van der Waals surface area (Å²) in [4.78, 5) is 28.3. The number of aromatic amines is 2. The van der Waals surface area contributed by atoms with Crippen molar-refractivity contribution in [3.63, 3.8) is 0 Å². The van der Waals surface area contributed by atoms with Crippen molar-refractivity contribution in [2.45, 2.75) is 0 Å². The van der Waals surface area contributed by atoms with Crippen molar-refractivity contribution in [2.24, 2.45) is 0 Å². The van der Waals surface area contributed by atoms with Crippen LogP contribution in [0.5, 0.6) is 11.5 Å². The van der Waals surface area contributed by atoms with Crippen molar-refractivity contribution in [3.8, 4) is 11.5 Å². The van der Waals surface area contributed by atoms with Gasteiger partial charge < -0.3 is 24.9 Å². The van der Waals surface area contributed by atoms with Gasteiger partial charge in [-0.3, -0.25) is 0 Å². The van der Waals surface area contributed by atoms with E-state index in [2.05, 4.69) is 9.97 Å². The van der Waals surface area contributed by atoms with E-state index in [4.69, 9.17) is 4.74 Å². The second-order valence-electron chi connectivity index (χ2n) is 5.53. The SMILES string of the molecule is O=C(O)c1c[nH]c2ccc(Oc3ccc4[nH]cc(C(=O)O)c4c3)cc12. The number of carboxylic acids is 2. The highest BCUT2D eigenvalue weighted by Gasteiger charge is 2.13. The molecular weight excluding hydrogens is 324 g/mol. The summed E-state index contributed by atoms with van der Waals surface area (Å²) >= 11 is 0. The zero-order chi connectivity index (χ0) is 17.6. The molecule has 0 aliphatic heterocycles. The Morgan fingerprint density at radius 1 is 0.760 bits per heavy atom. The molecule has 4 aromatic rings. The zero-order valence-corrected chi connectivity index (χ0v) is 12.7. The highest BCUT2D eigenvalue weighted by atomic mass is 16.5. The molecule has 0 atom stereocenters. The molecule has 7 nitrogen and oxygen atoms in total. The van der Waals surface area contributed by atoms with Crippen LogP contribution in [0.15, 0.2) is 48.8 Å². The molecule has 4 N–H and O–H groups in total. The van der Waals surface area contributed by atoms with Crippen molar-refractivity contribution in [3.05, 3.63) is 59.9 Å². The minimum atomic E-state index is -1.02. The first kappa shape index (κ1) is 14.8. The molecule has 7 heteroatoms.